The zero-order chi connectivity index (χ0) is 15.0. The highest BCUT2D eigenvalue weighted by Crippen LogP contribution is 2.27. The summed E-state index contributed by atoms with van der Waals surface area (Å²) in [5.41, 5.74) is 5.69. The van der Waals surface area contributed by atoms with Gasteiger partial charge in [0.05, 0.1) is 12.2 Å². The van der Waals surface area contributed by atoms with Gasteiger partial charge in [-0.1, -0.05) is 18.2 Å². The van der Waals surface area contributed by atoms with E-state index in [2.05, 4.69) is 30.3 Å². The second kappa shape index (κ2) is 5.37. The van der Waals surface area contributed by atoms with Gasteiger partial charge in [0.15, 0.2) is 0 Å². The van der Waals surface area contributed by atoms with Crippen molar-refractivity contribution in [1.29, 1.82) is 0 Å². The van der Waals surface area contributed by atoms with Gasteiger partial charge in [-0.2, -0.15) is 5.10 Å². The SMILES string of the molecule is CNCc1c(Cn2nc(C)c(C)c2C)oc2ccccc12. The molecule has 0 atom stereocenters. The highest BCUT2D eigenvalue weighted by atomic mass is 16.3. The van der Waals surface area contributed by atoms with E-state index >= 15 is 0 Å². The maximum absolute atomic E-state index is 6.06. The third-order valence-electron chi connectivity index (χ3n) is 4.17. The fourth-order valence-electron chi connectivity index (χ4n) is 2.72. The van der Waals surface area contributed by atoms with Crippen molar-refractivity contribution in [2.24, 2.45) is 0 Å². The van der Waals surface area contributed by atoms with E-state index in [1.165, 1.54) is 22.2 Å². The van der Waals surface area contributed by atoms with Crippen LogP contribution in [0.5, 0.6) is 0 Å². The number of hydrogen-bond acceptors (Lipinski definition) is 3. The molecule has 0 radical (unpaired) electrons. The van der Waals surface area contributed by atoms with Crippen LogP contribution in [0.4, 0.5) is 0 Å². The summed E-state index contributed by atoms with van der Waals surface area (Å²) in [5, 5.41) is 9.02. The maximum atomic E-state index is 6.06. The second-order valence-corrected chi connectivity index (χ2v) is 5.48. The van der Waals surface area contributed by atoms with Crippen LogP contribution < -0.4 is 5.32 Å². The molecule has 0 bridgehead atoms. The van der Waals surface area contributed by atoms with Crippen molar-refractivity contribution in [3.05, 3.63) is 52.5 Å². The Morgan fingerprint density at radius 2 is 1.95 bits per heavy atom. The van der Waals surface area contributed by atoms with Crippen LogP contribution >= 0.6 is 0 Å². The summed E-state index contributed by atoms with van der Waals surface area (Å²) < 4.78 is 8.09. The van der Waals surface area contributed by atoms with Gasteiger partial charge >= 0.3 is 0 Å². The number of aryl methyl sites for hydroxylation is 1. The summed E-state index contributed by atoms with van der Waals surface area (Å²) in [5.74, 6) is 0.983. The van der Waals surface area contributed by atoms with Gasteiger partial charge in [0.25, 0.3) is 0 Å². The molecule has 3 rings (SSSR count). The van der Waals surface area contributed by atoms with Crippen LogP contribution in [0, 0.1) is 20.8 Å². The van der Waals surface area contributed by atoms with Gasteiger partial charge in [-0.3, -0.25) is 4.68 Å². The van der Waals surface area contributed by atoms with E-state index in [1.807, 2.05) is 36.9 Å². The predicted octanol–water partition coefficient (Wildman–Crippen LogP) is 3.32. The molecule has 0 aliphatic rings. The molecular weight excluding hydrogens is 262 g/mol. The van der Waals surface area contributed by atoms with Crippen LogP contribution in [0.2, 0.25) is 0 Å². The van der Waals surface area contributed by atoms with Crippen molar-refractivity contribution < 1.29 is 4.42 Å². The summed E-state index contributed by atoms with van der Waals surface area (Å²) >= 11 is 0. The smallest absolute Gasteiger partial charge is 0.134 e. The number of para-hydroxylation sites is 1. The average Bonchev–Trinajstić information content (AvgIpc) is 2.94. The van der Waals surface area contributed by atoms with Gasteiger partial charge in [0, 0.05) is 23.2 Å². The van der Waals surface area contributed by atoms with E-state index in [0.717, 1.165) is 23.6 Å². The molecule has 0 spiro atoms. The topological polar surface area (TPSA) is 43.0 Å². The van der Waals surface area contributed by atoms with Gasteiger partial charge in [0.1, 0.15) is 11.3 Å². The minimum Gasteiger partial charge on any atom is -0.459 e. The number of rotatable bonds is 4. The minimum atomic E-state index is 0.673. The Kier molecular flexibility index (Phi) is 3.55. The number of fused-ring (bicyclic) bond motifs is 1. The normalized spacial score (nSPS) is 11.4. The summed E-state index contributed by atoms with van der Waals surface area (Å²) in [7, 11) is 1.96. The Hall–Kier alpha value is -2.07. The van der Waals surface area contributed by atoms with Crippen molar-refractivity contribution in [3.8, 4) is 0 Å². The molecule has 0 aliphatic carbocycles. The highest BCUT2D eigenvalue weighted by molar-refractivity contribution is 5.82. The third-order valence-corrected chi connectivity index (χ3v) is 4.17. The fourth-order valence-corrected chi connectivity index (χ4v) is 2.72. The Balaban J connectivity index is 2.07. The molecule has 3 aromatic rings. The van der Waals surface area contributed by atoms with E-state index in [9.17, 15) is 0 Å². The second-order valence-electron chi connectivity index (χ2n) is 5.48. The summed E-state index contributed by atoms with van der Waals surface area (Å²) in [6.45, 7) is 7.74. The first-order chi connectivity index (χ1) is 10.1. The molecule has 4 nitrogen and oxygen atoms in total. The first-order valence-corrected chi connectivity index (χ1v) is 7.26. The molecule has 0 aliphatic heterocycles. The minimum absolute atomic E-state index is 0.673. The van der Waals surface area contributed by atoms with Crippen molar-refractivity contribution >= 4 is 11.0 Å². The number of furan rings is 1. The highest BCUT2D eigenvalue weighted by Gasteiger charge is 2.16. The first-order valence-electron chi connectivity index (χ1n) is 7.26. The summed E-state index contributed by atoms with van der Waals surface area (Å²) in [6, 6.07) is 8.19. The fraction of sp³-hybridized carbons (Fsp3) is 0.353. The van der Waals surface area contributed by atoms with E-state index < -0.39 is 0 Å². The van der Waals surface area contributed by atoms with Gasteiger partial charge in [-0.05, 0) is 39.4 Å². The van der Waals surface area contributed by atoms with Crippen molar-refractivity contribution in [1.82, 2.24) is 15.1 Å². The van der Waals surface area contributed by atoms with Gasteiger partial charge in [0.2, 0.25) is 0 Å². The molecule has 0 saturated heterocycles. The molecule has 0 unspecified atom stereocenters. The molecule has 0 saturated carbocycles. The Morgan fingerprint density at radius 3 is 2.62 bits per heavy atom. The largest absolute Gasteiger partial charge is 0.459 e. The van der Waals surface area contributed by atoms with E-state index in [0.29, 0.717) is 6.54 Å². The zero-order valence-electron chi connectivity index (χ0n) is 13.0. The molecule has 0 amide bonds. The molecule has 110 valence electrons. The van der Waals surface area contributed by atoms with Gasteiger partial charge in [-0.25, -0.2) is 0 Å². The van der Waals surface area contributed by atoms with Crippen LogP contribution in [0.15, 0.2) is 28.7 Å². The average molecular weight is 283 g/mol. The number of aromatic nitrogens is 2. The Morgan fingerprint density at radius 1 is 1.19 bits per heavy atom. The Bertz CT molecular complexity index is 783. The molecular formula is C17H21N3O. The zero-order valence-corrected chi connectivity index (χ0v) is 13.0. The van der Waals surface area contributed by atoms with Crippen molar-refractivity contribution in [2.45, 2.75) is 33.9 Å². The summed E-state index contributed by atoms with van der Waals surface area (Å²) in [4.78, 5) is 0. The standard InChI is InChI=1S/C17H21N3O/c1-11-12(2)19-20(13(11)3)10-17-15(9-18-4)14-7-5-6-8-16(14)21-17/h5-8,18H,9-10H2,1-4H3. The van der Waals surface area contributed by atoms with Gasteiger partial charge < -0.3 is 9.73 Å². The summed E-state index contributed by atoms with van der Waals surface area (Å²) in [6.07, 6.45) is 0. The molecule has 0 fully saturated rings. The lowest BCUT2D eigenvalue weighted by Gasteiger charge is -2.05. The molecule has 1 aromatic carbocycles. The van der Waals surface area contributed by atoms with Crippen LogP contribution in [-0.2, 0) is 13.1 Å². The number of benzene rings is 1. The van der Waals surface area contributed by atoms with Crippen molar-refractivity contribution in [2.75, 3.05) is 7.05 Å². The third kappa shape index (κ3) is 2.36. The van der Waals surface area contributed by atoms with Crippen LogP contribution in [0.25, 0.3) is 11.0 Å². The molecule has 4 heteroatoms. The van der Waals surface area contributed by atoms with Crippen LogP contribution in [0.3, 0.4) is 0 Å². The van der Waals surface area contributed by atoms with Crippen molar-refractivity contribution in [3.63, 3.8) is 0 Å². The first kappa shape index (κ1) is 13.9. The number of hydrogen-bond donors (Lipinski definition) is 1. The molecule has 21 heavy (non-hydrogen) atoms. The molecule has 1 N–H and O–H groups in total. The quantitative estimate of drug-likeness (QED) is 0.798. The molecule has 2 aromatic heterocycles. The Labute approximate surface area is 124 Å². The monoisotopic (exact) mass is 283 g/mol. The van der Waals surface area contributed by atoms with Crippen LogP contribution in [0.1, 0.15) is 28.3 Å². The number of nitrogens with zero attached hydrogens (tertiary/aromatic N) is 2. The lowest BCUT2D eigenvalue weighted by Crippen LogP contribution is -2.10. The lowest BCUT2D eigenvalue weighted by atomic mass is 10.1. The molecule has 2 heterocycles. The van der Waals surface area contributed by atoms with E-state index in [1.54, 1.807) is 0 Å². The predicted molar refractivity (Wildman–Crippen MR) is 84.5 cm³/mol. The van der Waals surface area contributed by atoms with E-state index in [-0.39, 0.29) is 0 Å². The van der Waals surface area contributed by atoms with E-state index in [4.69, 9.17) is 4.42 Å². The van der Waals surface area contributed by atoms with Crippen LogP contribution in [-0.4, -0.2) is 16.8 Å². The lowest BCUT2D eigenvalue weighted by molar-refractivity contribution is 0.496. The maximum Gasteiger partial charge on any atom is 0.134 e. The number of nitrogens with one attached hydrogen (secondary N) is 1. The van der Waals surface area contributed by atoms with Gasteiger partial charge in [-0.15, -0.1) is 0 Å².